The monoisotopic (exact) mass is 158 g/mol. The van der Waals surface area contributed by atoms with Crippen LogP contribution >= 0.6 is 0 Å². The zero-order chi connectivity index (χ0) is 9.28. The summed E-state index contributed by atoms with van der Waals surface area (Å²) in [5.41, 5.74) is 0. The Balaban J connectivity index is 0. The summed E-state index contributed by atoms with van der Waals surface area (Å²) >= 11 is 0. The van der Waals surface area contributed by atoms with Crippen LogP contribution in [0.25, 0.3) is 0 Å². The highest BCUT2D eigenvalue weighted by Crippen LogP contribution is 2.03. The topological polar surface area (TPSA) is 17.1 Å². The number of rotatable bonds is 3. The van der Waals surface area contributed by atoms with E-state index in [-0.39, 0.29) is 5.92 Å². The van der Waals surface area contributed by atoms with E-state index in [1.54, 1.807) is 0 Å². The molecule has 0 aliphatic heterocycles. The van der Waals surface area contributed by atoms with E-state index >= 15 is 0 Å². The zero-order valence-corrected chi connectivity index (χ0v) is 8.61. The summed E-state index contributed by atoms with van der Waals surface area (Å²) in [4.78, 5) is 10.7. The molecule has 1 nitrogen and oxygen atoms in total. The van der Waals surface area contributed by atoms with Crippen molar-refractivity contribution in [3.8, 4) is 0 Å². The molecule has 0 radical (unpaired) electrons. The number of hydrogen-bond donors (Lipinski definition) is 0. The first-order chi connectivity index (χ1) is 5.13. The molecule has 0 spiro atoms. The van der Waals surface area contributed by atoms with Crippen LogP contribution in [-0.4, -0.2) is 5.78 Å². The maximum Gasteiger partial charge on any atom is 0.135 e. The lowest BCUT2D eigenvalue weighted by molar-refractivity contribution is -0.122. The average Bonchev–Trinajstić information content (AvgIpc) is 2.03. The molecule has 0 saturated carbocycles. The fourth-order valence-corrected chi connectivity index (χ4v) is 0.576. The van der Waals surface area contributed by atoms with Gasteiger partial charge >= 0.3 is 0 Å². The van der Waals surface area contributed by atoms with E-state index in [1.807, 2.05) is 20.8 Å². The van der Waals surface area contributed by atoms with Gasteiger partial charge in [0.1, 0.15) is 5.78 Å². The number of ketones is 1. The smallest absolute Gasteiger partial charge is 0.135 e. The van der Waals surface area contributed by atoms with Gasteiger partial charge in [0.15, 0.2) is 0 Å². The molecule has 0 bridgehead atoms. The number of hydrogen-bond acceptors (Lipinski definition) is 1. The van der Waals surface area contributed by atoms with Crippen molar-refractivity contribution in [2.45, 2.75) is 53.9 Å². The lowest BCUT2D eigenvalue weighted by atomic mass is 10.0. The second kappa shape index (κ2) is 9.67. The summed E-state index contributed by atoms with van der Waals surface area (Å²) in [6.07, 6.45) is 2.92. The van der Waals surface area contributed by atoms with Crippen LogP contribution in [0, 0.1) is 5.92 Å². The van der Waals surface area contributed by atoms with Gasteiger partial charge in [-0.2, -0.15) is 0 Å². The van der Waals surface area contributed by atoms with Crippen molar-refractivity contribution >= 4 is 5.78 Å². The molecule has 0 aromatic rings. The minimum atomic E-state index is 0.278. The Morgan fingerprint density at radius 3 is 1.64 bits per heavy atom. The largest absolute Gasteiger partial charge is 0.299 e. The lowest BCUT2D eigenvalue weighted by Gasteiger charge is -2.02. The van der Waals surface area contributed by atoms with Gasteiger partial charge in [-0.1, -0.05) is 41.0 Å². The van der Waals surface area contributed by atoms with Crippen molar-refractivity contribution in [2.24, 2.45) is 5.92 Å². The van der Waals surface area contributed by atoms with E-state index in [1.165, 1.54) is 6.42 Å². The van der Waals surface area contributed by atoms with E-state index in [4.69, 9.17) is 0 Å². The molecule has 1 unspecified atom stereocenters. The van der Waals surface area contributed by atoms with Crippen LogP contribution in [0.1, 0.15) is 53.9 Å². The zero-order valence-electron chi connectivity index (χ0n) is 8.61. The van der Waals surface area contributed by atoms with Gasteiger partial charge in [0.05, 0.1) is 0 Å². The van der Waals surface area contributed by atoms with E-state index in [2.05, 4.69) is 13.8 Å². The number of carbonyl (C=O) groups is 1. The Bertz CT molecular complexity index is 86.9. The first kappa shape index (κ1) is 13.3. The summed E-state index contributed by atoms with van der Waals surface area (Å²) in [5, 5.41) is 0. The van der Waals surface area contributed by atoms with Gasteiger partial charge in [-0.15, -0.1) is 0 Å². The number of Topliss-reactive ketones (excluding diaryl/α,β-unsaturated/α-hetero) is 1. The summed E-state index contributed by atoms with van der Waals surface area (Å²) in [5.74, 6) is 0.660. The molecule has 0 aliphatic carbocycles. The standard InChI is InChI=1S/C7H14O.C3H8/c1-4-6(3)7(8)5-2;1-3-2/h6H,4-5H2,1-3H3;3H2,1-2H3. The van der Waals surface area contributed by atoms with Gasteiger partial charge in [-0.05, 0) is 6.42 Å². The Kier molecular flexibility index (Phi) is 11.7. The van der Waals surface area contributed by atoms with Crippen molar-refractivity contribution in [1.82, 2.24) is 0 Å². The maximum atomic E-state index is 10.7. The molecular formula is C10H22O. The van der Waals surface area contributed by atoms with Crippen LogP contribution in [0.5, 0.6) is 0 Å². The quantitative estimate of drug-likeness (QED) is 0.615. The second-order valence-corrected chi connectivity index (χ2v) is 2.84. The molecule has 0 saturated heterocycles. The van der Waals surface area contributed by atoms with Crippen molar-refractivity contribution in [3.63, 3.8) is 0 Å². The maximum absolute atomic E-state index is 10.7. The molecule has 0 aromatic carbocycles. The van der Waals surface area contributed by atoms with E-state index < -0.39 is 0 Å². The van der Waals surface area contributed by atoms with Gasteiger partial charge < -0.3 is 0 Å². The minimum Gasteiger partial charge on any atom is -0.299 e. The molecule has 0 rings (SSSR count). The third-order valence-electron chi connectivity index (χ3n) is 1.51. The van der Waals surface area contributed by atoms with E-state index in [0.29, 0.717) is 12.2 Å². The third kappa shape index (κ3) is 9.67. The highest BCUT2D eigenvalue weighted by atomic mass is 16.1. The van der Waals surface area contributed by atoms with Gasteiger partial charge in [0.25, 0.3) is 0 Å². The molecule has 11 heavy (non-hydrogen) atoms. The Hall–Kier alpha value is -0.330. The SMILES string of the molecule is CCC.CCC(=O)C(C)CC. The fourth-order valence-electron chi connectivity index (χ4n) is 0.576. The fraction of sp³-hybridized carbons (Fsp3) is 0.900. The van der Waals surface area contributed by atoms with Crippen molar-refractivity contribution in [1.29, 1.82) is 0 Å². The first-order valence-corrected chi connectivity index (χ1v) is 4.66. The predicted octanol–water partition coefficient (Wildman–Crippen LogP) is 3.43. The molecule has 0 N–H and O–H groups in total. The average molecular weight is 158 g/mol. The summed E-state index contributed by atoms with van der Waals surface area (Å²) in [6, 6.07) is 0. The van der Waals surface area contributed by atoms with Crippen molar-refractivity contribution < 1.29 is 4.79 Å². The predicted molar refractivity (Wildman–Crippen MR) is 50.7 cm³/mol. The van der Waals surface area contributed by atoms with Gasteiger partial charge in [-0.25, -0.2) is 0 Å². The molecule has 0 heterocycles. The van der Waals surface area contributed by atoms with E-state index in [9.17, 15) is 4.79 Å². The van der Waals surface area contributed by atoms with Crippen LogP contribution in [0.4, 0.5) is 0 Å². The summed E-state index contributed by atoms with van der Waals surface area (Å²) < 4.78 is 0. The van der Waals surface area contributed by atoms with Crippen LogP contribution in [0.3, 0.4) is 0 Å². The van der Waals surface area contributed by atoms with Gasteiger partial charge in [-0.3, -0.25) is 4.79 Å². The summed E-state index contributed by atoms with van der Waals surface area (Å²) in [6.45, 7) is 10.2. The van der Waals surface area contributed by atoms with Crippen LogP contribution < -0.4 is 0 Å². The normalized spacial score (nSPS) is 11.4. The first-order valence-electron chi connectivity index (χ1n) is 4.66. The van der Waals surface area contributed by atoms with Gasteiger partial charge in [0, 0.05) is 12.3 Å². The number of carbonyl (C=O) groups excluding carboxylic acids is 1. The van der Waals surface area contributed by atoms with E-state index in [0.717, 1.165) is 6.42 Å². The highest BCUT2D eigenvalue weighted by Gasteiger charge is 2.05. The molecule has 0 fully saturated rings. The lowest BCUT2D eigenvalue weighted by Crippen LogP contribution is -2.06. The molecule has 0 aromatic heterocycles. The van der Waals surface area contributed by atoms with Crippen LogP contribution in [0.2, 0.25) is 0 Å². The van der Waals surface area contributed by atoms with Crippen molar-refractivity contribution in [2.75, 3.05) is 0 Å². The molecule has 0 amide bonds. The molecule has 1 atom stereocenters. The molecular weight excluding hydrogens is 136 g/mol. The highest BCUT2D eigenvalue weighted by molar-refractivity contribution is 5.80. The Morgan fingerprint density at radius 1 is 1.18 bits per heavy atom. The molecule has 0 aliphatic rings. The Morgan fingerprint density at radius 2 is 1.55 bits per heavy atom. The molecule has 1 heteroatoms. The van der Waals surface area contributed by atoms with Crippen LogP contribution in [0.15, 0.2) is 0 Å². The van der Waals surface area contributed by atoms with Crippen LogP contribution in [-0.2, 0) is 4.79 Å². The van der Waals surface area contributed by atoms with Gasteiger partial charge in [0.2, 0.25) is 0 Å². The third-order valence-corrected chi connectivity index (χ3v) is 1.51. The second-order valence-electron chi connectivity index (χ2n) is 2.84. The van der Waals surface area contributed by atoms with Crippen molar-refractivity contribution in [3.05, 3.63) is 0 Å². The molecule has 68 valence electrons. The Labute approximate surface area is 71.2 Å². The minimum absolute atomic E-state index is 0.278. The summed E-state index contributed by atoms with van der Waals surface area (Å²) in [7, 11) is 0.